The van der Waals surface area contributed by atoms with Gasteiger partial charge >= 0.3 is 0 Å². The Hall–Kier alpha value is -1.03. The second-order valence-electron chi connectivity index (χ2n) is 3.02. The Labute approximate surface area is 87.9 Å². The van der Waals surface area contributed by atoms with Crippen molar-refractivity contribution in [2.45, 2.75) is 6.92 Å². The lowest BCUT2D eigenvalue weighted by Gasteiger charge is -2.04. The van der Waals surface area contributed by atoms with E-state index >= 15 is 0 Å². The number of aryl methyl sites for hydroxylation is 1. The van der Waals surface area contributed by atoms with Crippen LogP contribution in [0.5, 0.6) is 0 Å². The topological polar surface area (TPSA) is 12.9 Å². The summed E-state index contributed by atoms with van der Waals surface area (Å²) in [6.45, 7) is 1.80. The largest absolute Gasteiger partial charge is 0.248 e. The van der Waals surface area contributed by atoms with Crippen molar-refractivity contribution in [1.29, 1.82) is 0 Å². The number of aromatic nitrogens is 1. The second-order valence-corrected chi connectivity index (χ2v) is 3.77. The lowest BCUT2D eigenvalue weighted by molar-refractivity contribution is 0.516. The highest BCUT2D eigenvalue weighted by molar-refractivity contribution is 9.10. The van der Waals surface area contributed by atoms with E-state index in [1.807, 2.05) is 0 Å². The van der Waals surface area contributed by atoms with Gasteiger partial charge in [-0.2, -0.15) is 0 Å². The molecule has 0 radical (unpaired) electrons. The van der Waals surface area contributed by atoms with Gasteiger partial charge < -0.3 is 0 Å². The van der Waals surface area contributed by atoms with Crippen molar-refractivity contribution in [2.24, 2.45) is 0 Å². The maximum atomic E-state index is 13.4. The van der Waals surface area contributed by atoms with Crippen molar-refractivity contribution in [3.05, 3.63) is 40.1 Å². The average molecular weight is 258 g/mol. The van der Waals surface area contributed by atoms with Gasteiger partial charge in [-0.3, -0.25) is 0 Å². The van der Waals surface area contributed by atoms with Crippen LogP contribution < -0.4 is 0 Å². The number of benzene rings is 1. The first-order valence-corrected chi connectivity index (χ1v) is 4.79. The second kappa shape index (κ2) is 3.28. The molecule has 1 aromatic carbocycles. The predicted octanol–water partition coefficient (Wildman–Crippen LogP) is 3.58. The Kier molecular flexibility index (Phi) is 2.23. The van der Waals surface area contributed by atoms with E-state index < -0.39 is 11.6 Å². The SMILES string of the molecule is Cc1cnc(Br)c2c(F)c(F)ccc12. The molecule has 0 aliphatic rings. The van der Waals surface area contributed by atoms with Gasteiger partial charge in [0.05, 0.1) is 5.39 Å². The summed E-state index contributed by atoms with van der Waals surface area (Å²) in [5, 5.41) is 0.871. The molecule has 0 amide bonds. The van der Waals surface area contributed by atoms with E-state index in [1.165, 1.54) is 0 Å². The molecule has 0 bridgehead atoms. The Morgan fingerprint density at radius 3 is 2.71 bits per heavy atom. The van der Waals surface area contributed by atoms with E-state index in [0.29, 0.717) is 9.99 Å². The summed E-state index contributed by atoms with van der Waals surface area (Å²) in [5.74, 6) is -1.71. The molecular weight excluding hydrogens is 252 g/mol. The van der Waals surface area contributed by atoms with Crippen molar-refractivity contribution in [1.82, 2.24) is 4.98 Å². The summed E-state index contributed by atoms with van der Waals surface area (Å²) in [5.41, 5.74) is 0.821. The minimum Gasteiger partial charge on any atom is -0.248 e. The van der Waals surface area contributed by atoms with Crippen LogP contribution in [0.1, 0.15) is 5.56 Å². The molecule has 0 saturated heterocycles. The molecule has 2 rings (SSSR count). The molecule has 0 N–H and O–H groups in total. The van der Waals surface area contributed by atoms with Crippen molar-refractivity contribution in [3.63, 3.8) is 0 Å². The van der Waals surface area contributed by atoms with Crippen LogP contribution in [0.2, 0.25) is 0 Å². The zero-order valence-corrected chi connectivity index (χ0v) is 8.90. The van der Waals surface area contributed by atoms with E-state index in [2.05, 4.69) is 20.9 Å². The van der Waals surface area contributed by atoms with Gasteiger partial charge in [-0.15, -0.1) is 0 Å². The van der Waals surface area contributed by atoms with Gasteiger partial charge in [0.1, 0.15) is 4.60 Å². The summed E-state index contributed by atoms with van der Waals surface area (Å²) in [7, 11) is 0. The van der Waals surface area contributed by atoms with Crippen LogP contribution >= 0.6 is 15.9 Å². The number of hydrogen-bond acceptors (Lipinski definition) is 1. The van der Waals surface area contributed by atoms with Crippen molar-refractivity contribution in [3.8, 4) is 0 Å². The van der Waals surface area contributed by atoms with E-state index in [9.17, 15) is 8.78 Å². The molecule has 0 atom stereocenters. The maximum Gasteiger partial charge on any atom is 0.169 e. The van der Waals surface area contributed by atoms with E-state index in [1.54, 1.807) is 19.2 Å². The Bertz CT molecular complexity index is 511. The third-order valence-corrected chi connectivity index (χ3v) is 2.70. The molecule has 1 nitrogen and oxygen atoms in total. The quantitative estimate of drug-likeness (QED) is 0.658. The van der Waals surface area contributed by atoms with Crippen LogP contribution in [-0.4, -0.2) is 4.98 Å². The van der Waals surface area contributed by atoms with Crippen molar-refractivity contribution >= 4 is 26.7 Å². The highest BCUT2D eigenvalue weighted by Gasteiger charge is 2.11. The average Bonchev–Trinajstić information content (AvgIpc) is 2.16. The van der Waals surface area contributed by atoms with Gasteiger partial charge in [-0.05, 0) is 39.9 Å². The lowest BCUT2D eigenvalue weighted by atomic mass is 10.1. The van der Waals surface area contributed by atoms with Gasteiger partial charge in [0, 0.05) is 6.20 Å². The number of fused-ring (bicyclic) bond motifs is 1. The molecule has 72 valence electrons. The molecule has 0 fully saturated rings. The van der Waals surface area contributed by atoms with Crippen molar-refractivity contribution in [2.75, 3.05) is 0 Å². The number of hydrogen-bond donors (Lipinski definition) is 0. The van der Waals surface area contributed by atoms with Crippen LogP contribution in [0.4, 0.5) is 8.78 Å². The first-order chi connectivity index (χ1) is 6.61. The van der Waals surface area contributed by atoms with Crippen LogP contribution in [0.15, 0.2) is 22.9 Å². The van der Waals surface area contributed by atoms with E-state index in [0.717, 1.165) is 11.6 Å². The third kappa shape index (κ3) is 1.30. The lowest BCUT2D eigenvalue weighted by Crippen LogP contribution is -1.91. The van der Waals surface area contributed by atoms with Gasteiger partial charge in [0.2, 0.25) is 0 Å². The highest BCUT2D eigenvalue weighted by atomic mass is 79.9. The molecule has 0 aliphatic heterocycles. The summed E-state index contributed by atoms with van der Waals surface area (Å²) in [6.07, 6.45) is 1.61. The van der Waals surface area contributed by atoms with Crippen LogP contribution in [0, 0.1) is 18.6 Å². The monoisotopic (exact) mass is 257 g/mol. The van der Waals surface area contributed by atoms with Crippen molar-refractivity contribution < 1.29 is 8.78 Å². The van der Waals surface area contributed by atoms with Gasteiger partial charge in [-0.25, -0.2) is 13.8 Å². The maximum absolute atomic E-state index is 13.4. The molecule has 14 heavy (non-hydrogen) atoms. The number of rotatable bonds is 0. The fourth-order valence-electron chi connectivity index (χ4n) is 1.37. The molecule has 1 aromatic heterocycles. The fourth-order valence-corrected chi connectivity index (χ4v) is 1.86. The zero-order valence-electron chi connectivity index (χ0n) is 7.31. The summed E-state index contributed by atoms with van der Waals surface area (Å²) in [4.78, 5) is 3.92. The summed E-state index contributed by atoms with van der Waals surface area (Å²) >= 11 is 3.10. The first-order valence-electron chi connectivity index (χ1n) is 4.00. The normalized spacial score (nSPS) is 10.9. The smallest absolute Gasteiger partial charge is 0.169 e. The van der Waals surface area contributed by atoms with Crippen LogP contribution in [-0.2, 0) is 0 Å². The molecule has 2 aromatic rings. The molecule has 0 aliphatic carbocycles. The summed E-state index contributed by atoms with van der Waals surface area (Å²) in [6, 6.07) is 2.67. The number of halogens is 3. The fraction of sp³-hybridized carbons (Fsp3) is 0.100. The van der Waals surface area contributed by atoms with Crippen LogP contribution in [0.25, 0.3) is 10.8 Å². The van der Waals surface area contributed by atoms with E-state index in [-0.39, 0.29) is 5.39 Å². The molecule has 1 heterocycles. The minimum atomic E-state index is -0.856. The molecular formula is C10H6BrF2N. The molecule has 0 unspecified atom stereocenters. The highest BCUT2D eigenvalue weighted by Crippen LogP contribution is 2.28. The predicted molar refractivity (Wildman–Crippen MR) is 54.1 cm³/mol. The van der Waals surface area contributed by atoms with Crippen LogP contribution in [0.3, 0.4) is 0 Å². The summed E-state index contributed by atoms with van der Waals surface area (Å²) < 4.78 is 26.7. The number of nitrogens with zero attached hydrogens (tertiary/aromatic N) is 1. The van der Waals surface area contributed by atoms with Gasteiger partial charge in [0.25, 0.3) is 0 Å². The molecule has 0 spiro atoms. The van der Waals surface area contributed by atoms with Gasteiger partial charge in [-0.1, -0.05) is 6.07 Å². The first kappa shape index (κ1) is 9.52. The van der Waals surface area contributed by atoms with Gasteiger partial charge in [0.15, 0.2) is 11.6 Å². The third-order valence-electron chi connectivity index (χ3n) is 2.10. The molecule has 0 saturated carbocycles. The Morgan fingerprint density at radius 2 is 2.00 bits per heavy atom. The Morgan fingerprint density at radius 1 is 1.29 bits per heavy atom. The zero-order chi connectivity index (χ0) is 10.3. The molecule has 4 heteroatoms. The Balaban J connectivity index is 3.01. The number of pyridine rings is 1. The standard InChI is InChI=1S/C10H6BrF2N/c1-5-4-14-10(11)8-6(5)2-3-7(12)9(8)13/h2-4H,1H3. The minimum absolute atomic E-state index is 0.199. The van der Waals surface area contributed by atoms with E-state index in [4.69, 9.17) is 0 Å².